The molecule has 0 fully saturated rings. The van der Waals surface area contributed by atoms with Crippen molar-refractivity contribution in [3.8, 4) is 0 Å². The molecule has 4 aromatic rings. The molecule has 0 aliphatic heterocycles. The zero-order valence-corrected chi connectivity index (χ0v) is 17.0. The highest BCUT2D eigenvalue weighted by Gasteiger charge is 2.15. The van der Waals surface area contributed by atoms with Crippen molar-refractivity contribution >= 4 is 34.3 Å². The van der Waals surface area contributed by atoms with Gasteiger partial charge in [0.2, 0.25) is 0 Å². The first-order valence-electron chi connectivity index (χ1n) is 9.68. The Morgan fingerprint density at radius 3 is 2.40 bits per heavy atom. The van der Waals surface area contributed by atoms with Crippen LogP contribution in [-0.4, -0.2) is 27.8 Å². The Hall–Kier alpha value is -3.44. The van der Waals surface area contributed by atoms with Gasteiger partial charge in [0.05, 0.1) is 28.2 Å². The Kier molecular flexibility index (Phi) is 5.91. The lowest BCUT2D eigenvalue weighted by Gasteiger charge is -2.10. The predicted molar refractivity (Wildman–Crippen MR) is 118 cm³/mol. The molecule has 0 radical (unpaired) electrons. The highest BCUT2D eigenvalue weighted by molar-refractivity contribution is 6.33. The number of imidazole rings is 1. The van der Waals surface area contributed by atoms with Crippen LogP contribution in [-0.2, 0) is 13.0 Å². The number of amides is 1. The lowest BCUT2D eigenvalue weighted by Crippen LogP contribution is -2.27. The zero-order chi connectivity index (χ0) is 20.9. The standard InChI is InChI=1S/C24H20ClN3O2/c25-19-11-5-4-10-18(19)24(30)26-15-14-23-27-20-12-6-7-13-21(20)28(23)16-22(29)17-8-2-1-3-9-17/h1-13H,14-16H2,(H,26,30). The summed E-state index contributed by atoms with van der Waals surface area (Å²) in [4.78, 5) is 29.9. The highest BCUT2D eigenvalue weighted by atomic mass is 35.5. The quantitative estimate of drug-likeness (QED) is 0.449. The van der Waals surface area contributed by atoms with Gasteiger partial charge in [0, 0.05) is 18.5 Å². The lowest BCUT2D eigenvalue weighted by atomic mass is 10.1. The Morgan fingerprint density at radius 2 is 1.60 bits per heavy atom. The summed E-state index contributed by atoms with van der Waals surface area (Å²) in [6, 6.07) is 23.9. The second-order valence-corrected chi connectivity index (χ2v) is 7.29. The summed E-state index contributed by atoms with van der Waals surface area (Å²) in [5.41, 5.74) is 2.82. The molecule has 0 aliphatic rings. The minimum atomic E-state index is -0.233. The van der Waals surface area contributed by atoms with Gasteiger partial charge in [0.15, 0.2) is 5.78 Å². The summed E-state index contributed by atoms with van der Waals surface area (Å²) < 4.78 is 1.92. The van der Waals surface area contributed by atoms with Gasteiger partial charge >= 0.3 is 0 Å². The van der Waals surface area contributed by atoms with Crippen molar-refractivity contribution < 1.29 is 9.59 Å². The summed E-state index contributed by atoms with van der Waals surface area (Å²) >= 11 is 6.09. The maximum atomic E-state index is 12.8. The number of nitrogens with one attached hydrogen (secondary N) is 1. The van der Waals surface area contributed by atoms with E-state index >= 15 is 0 Å². The summed E-state index contributed by atoms with van der Waals surface area (Å²) in [6.07, 6.45) is 0.493. The topological polar surface area (TPSA) is 64.0 Å². The minimum Gasteiger partial charge on any atom is -0.352 e. The van der Waals surface area contributed by atoms with E-state index in [1.807, 2.05) is 59.2 Å². The number of Topliss-reactive ketones (excluding diaryl/α,β-unsaturated/α-hetero) is 1. The molecule has 0 atom stereocenters. The van der Waals surface area contributed by atoms with Crippen molar-refractivity contribution in [3.05, 3.63) is 101 Å². The van der Waals surface area contributed by atoms with E-state index in [4.69, 9.17) is 11.6 Å². The van der Waals surface area contributed by atoms with Crippen LogP contribution in [0.1, 0.15) is 26.5 Å². The molecule has 0 saturated carbocycles. The number of hydrogen-bond donors (Lipinski definition) is 1. The van der Waals surface area contributed by atoms with Crippen molar-refractivity contribution in [3.63, 3.8) is 0 Å². The highest BCUT2D eigenvalue weighted by Crippen LogP contribution is 2.18. The van der Waals surface area contributed by atoms with E-state index in [-0.39, 0.29) is 18.2 Å². The van der Waals surface area contributed by atoms with Gasteiger partial charge in [-0.25, -0.2) is 4.98 Å². The predicted octanol–water partition coefficient (Wildman–Crippen LogP) is 4.55. The largest absolute Gasteiger partial charge is 0.352 e. The number of nitrogens with zero attached hydrogens (tertiary/aromatic N) is 2. The molecule has 1 aromatic heterocycles. The first kappa shape index (κ1) is 19.9. The van der Waals surface area contributed by atoms with Crippen LogP contribution in [0.3, 0.4) is 0 Å². The molecule has 4 rings (SSSR count). The summed E-state index contributed by atoms with van der Waals surface area (Å²) in [7, 11) is 0. The number of para-hydroxylation sites is 2. The molecule has 0 unspecified atom stereocenters. The monoisotopic (exact) mass is 417 g/mol. The van der Waals surface area contributed by atoms with Crippen LogP contribution in [0.5, 0.6) is 0 Å². The first-order valence-corrected chi connectivity index (χ1v) is 10.1. The van der Waals surface area contributed by atoms with Crippen LogP contribution < -0.4 is 5.32 Å². The Labute approximate surface area is 179 Å². The molecule has 0 spiro atoms. The Morgan fingerprint density at radius 1 is 0.900 bits per heavy atom. The summed E-state index contributed by atoms with van der Waals surface area (Å²) in [5.74, 6) is 0.531. The molecule has 1 amide bonds. The second kappa shape index (κ2) is 8.93. The number of ketones is 1. The SMILES string of the molecule is O=C(Cn1c(CCNC(=O)c2ccccc2Cl)nc2ccccc21)c1ccccc1. The zero-order valence-electron chi connectivity index (χ0n) is 16.2. The number of fused-ring (bicyclic) bond motifs is 1. The molecule has 150 valence electrons. The van der Waals surface area contributed by atoms with Gasteiger partial charge in [-0.2, -0.15) is 0 Å². The van der Waals surface area contributed by atoms with E-state index in [1.165, 1.54) is 0 Å². The van der Waals surface area contributed by atoms with E-state index < -0.39 is 0 Å². The number of aromatic nitrogens is 2. The number of hydrogen-bond acceptors (Lipinski definition) is 3. The molecular weight excluding hydrogens is 398 g/mol. The van der Waals surface area contributed by atoms with Crippen LogP contribution in [0.2, 0.25) is 5.02 Å². The molecule has 5 nitrogen and oxygen atoms in total. The van der Waals surface area contributed by atoms with E-state index in [0.29, 0.717) is 29.1 Å². The van der Waals surface area contributed by atoms with Crippen molar-refractivity contribution in [2.24, 2.45) is 0 Å². The third kappa shape index (κ3) is 4.26. The van der Waals surface area contributed by atoms with Gasteiger partial charge in [-0.05, 0) is 24.3 Å². The fourth-order valence-electron chi connectivity index (χ4n) is 3.38. The minimum absolute atomic E-state index is 0.0140. The number of carbonyl (C=O) groups is 2. The van der Waals surface area contributed by atoms with E-state index in [1.54, 1.807) is 24.3 Å². The van der Waals surface area contributed by atoms with E-state index in [2.05, 4.69) is 10.3 Å². The van der Waals surface area contributed by atoms with Crippen molar-refractivity contribution in [1.29, 1.82) is 0 Å². The average Bonchev–Trinajstić information content (AvgIpc) is 3.12. The van der Waals surface area contributed by atoms with Crippen molar-refractivity contribution in [2.45, 2.75) is 13.0 Å². The number of halogens is 1. The molecule has 3 aromatic carbocycles. The van der Waals surface area contributed by atoms with E-state index in [0.717, 1.165) is 16.9 Å². The van der Waals surface area contributed by atoms with Gasteiger partial charge < -0.3 is 9.88 Å². The molecule has 30 heavy (non-hydrogen) atoms. The van der Waals surface area contributed by atoms with Crippen LogP contribution in [0.4, 0.5) is 0 Å². The van der Waals surface area contributed by atoms with Crippen LogP contribution in [0.15, 0.2) is 78.9 Å². The fourth-order valence-corrected chi connectivity index (χ4v) is 3.60. The number of rotatable bonds is 7. The third-order valence-corrected chi connectivity index (χ3v) is 5.21. The molecule has 0 bridgehead atoms. The number of carbonyl (C=O) groups excluding carboxylic acids is 2. The second-order valence-electron chi connectivity index (χ2n) is 6.88. The average molecular weight is 418 g/mol. The molecule has 1 heterocycles. The van der Waals surface area contributed by atoms with Gasteiger partial charge in [0.25, 0.3) is 5.91 Å². The third-order valence-electron chi connectivity index (χ3n) is 4.88. The van der Waals surface area contributed by atoms with Gasteiger partial charge in [-0.3, -0.25) is 9.59 Å². The Bertz CT molecular complexity index is 1200. The van der Waals surface area contributed by atoms with Crippen LogP contribution >= 0.6 is 11.6 Å². The van der Waals surface area contributed by atoms with E-state index in [9.17, 15) is 9.59 Å². The normalized spacial score (nSPS) is 10.8. The maximum Gasteiger partial charge on any atom is 0.252 e. The van der Waals surface area contributed by atoms with Gasteiger partial charge in [-0.1, -0.05) is 66.2 Å². The molecule has 0 saturated heterocycles. The van der Waals surface area contributed by atoms with Crippen molar-refractivity contribution in [2.75, 3.05) is 6.54 Å². The summed E-state index contributed by atoms with van der Waals surface area (Å²) in [6.45, 7) is 0.575. The molecule has 1 N–H and O–H groups in total. The van der Waals surface area contributed by atoms with Gasteiger partial charge in [-0.15, -0.1) is 0 Å². The summed E-state index contributed by atoms with van der Waals surface area (Å²) in [5, 5.41) is 3.30. The Balaban J connectivity index is 1.52. The first-order chi connectivity index (χ1) is 14.6. The molecule has 6 heteroatoms. The van der Waals surface area contributed by atoms with Gasteiger partial charge in [0.1, 0.15) is 5.82 Å². The van der Waals surface area contributed by atoms with Crippen LogP contribution in [0, 0.1) is 0 Å². The smallest absolute Gasteiger partial charge is 0.252 e. The molecular formula is C24H20ClN3O2. The molecule has 0 aliphatic carbocycles. The lowest BCUT2D eigenvalue weighted by molar-refractivity contribution is 0.0948. The van der Waals surface area contributed by atoms with Crippen LogP contribution in [0.25, 0.3) is 11.0 Å². The van der Waals surface area contributed by atoms with Crippen molar-refractivity contribution in [1.82, 2.24) is 14.9 Å². The number of benzene rings is 3. The maximum absolute atomic E-state index is 12.8. The fraction of sp³-hybridized carbons (Fsp3) is 0.125.